The molecule has 0 unspecified atom stereocenters. The van der Waals surface area contributed by atoms with E-state index in [2.05, 4.69) is 38.2 Å². The minimum atomic E-state index is 0.885. The largest absolute Gasteiger partial charge is 0.497 e. The van der Waals surface area contributed by atoms with Crippen LogP contribution in [-0.2, 0) is 6.54 Å². The summed E-state index contributed by atoms with van der Waals surface area (Å²) in [6.07, 6.45) is 0. The maximum atomic E-state index is 5.30. The second kappa shape index (κ2) is 7.49. The number of benzene rings is 1. The van der Waals surface area contributed by atoms with Crippen molar-refractivity contribution < 1.29 is 4.74 Å². The third-order valence-electron chi connectivity index (χ3n) is 4.33. The number of anilines is 2. The van der Waals surface area contributed by atoms with E-state index in [9.17, 15) is 0 Å². The van der Waals surface area contributed by atoms with Crippen LogP contribution >= 0.6 is 0 Å². The molecular weight excluding hydrogens is 302 g/mol. The van der Waals surface area contributed by atoms with Crippen molar-refractivity contribution in [1.29, 1.82) is 0 Å². The van der Waals surface area contributed by atoms with Gasteiger partial charge >= 0.3 is 0 Å². The van der Waals surface area contributed by atoms with Gasteiger partial charge in [-0.15, -0.1) is 10.2 Å². The molecule has 0 aliphatic carbocycles. The van der Waals surface area contributed by atoms with Crippen molar-refractivity contribution in [1.82, 2.24) is 15.1 Å². The van der Waals surface area contributed by atoms with Crippen LogP contribution < -0.4 is 14.5 Å². The molecule has 1 saturated heterocycles. The highest BCUT2D eigenvalue weighted by molar-refractivity contribution is 5.44. The third-order valence-corrected chi connectivity index (χ3v) is 4.33. The lowest BCUT2D eigenvalue weighted by Gasteiger charge is -2.35. The maximum Gasteiger partial charge on any atom is 0.151 e. The molecule has 128 valence electrons. The monoisotopic (exact) mass is 327 g/mol. The summed E-state index contributed by atoms with van der Waals surface area (Å²) >= 11 is 0. The van der Waals surface area contributed by atoms with E-state index in [1.165, 1.54) is 5.56 Å². The van der Waals surface area contributed by atoms with Gasteiger partial charge < -0.3 is 14.5 Å². The first-order chi connectivity index (χ1) is 11.7. The number of hydrogen-bond donors (Lipinski definition) is 0. The lowest BCUT2D eigenvalue weighted by molar-refractivity contribution is 0.249. The molecule has 1 fully saturated rings. The molecule has 0 amide bonds. The Bertz CT molecular complexity index is 651. The van der Waals surface area contributed by atoms with Crippen molar-refractivity contribution in [2.75, 3.05) is 57.2 Å². The summed E-state index contributed by atoms with van der Waals surface area (Å²) in [6.45, 7) is 4.94. The molecule has 1 aliphatic heterocycles. The highest BCUT2D eigenvalue weighted by atomic mass is 16.5. The summed E-state index contributed by atoms with van der Waals surface area (Å²) in [4.78, 5) is 6.73. The van der Waals surface area contributed by atoms with E-state index in [0.717, 1.165) is 50.1 Å². The van der Waals surface area contributed by atoms with Gasteiger partial charge in [0.05, 0.1) is 7.11 Å². The summed E-state index contributed by atoms with van der Waals surface area (Å²) < 4.78 is 5.30. The number of aromatic nitrogens is 2. The van der Waals surface area contributed by atoms with Crippen molar-refractivity contribution >= 4 is 11.6 Å². The van der Waals surface area contributed by atoms with Gasteiger partial charge in [-0.1, -0.05) is 12.1 Å². The molecule has 6 nitrogen and oxygen atoms in total. The smallest absolute Gasteiger partial charge is 0.151 e. The van der Waals surface area contributed by atoms with Crippen molar-refractivity contribution in [3.63, 3.8) is 0 Å². The number of ether oxygens (including phenoxy) is 1. The predicted molar refractivity (Wildman–Crippen MR) is 96.8 cm³/mol. The molecule has 2 aromatic rings. The molecule has 0 N–H and O–H groups in total. The highest BCUT2D eigenvalue weighted by Gasteiger charge is 2.18. The Morgan fingerprint density at radius 1 is 1.04 bits per heavy atom. The summed E-state index contributed by atoms with van der Waals surface area (Å²) in [5.41, 5.74) is 1.29. The maximum absolute atomic E-state index is 5.30. The Labute approximate surface area is 143 Å². The van der Waals surface area contributed by atoms with Gasteiger partial charge in [0.25, 0.3) is 0 Å². The Morgan fingerprint density at radius 2 is 1.83 bits per heavy atom. The average molecular weight is 327 g/mol. The van der Waals surface area contributed by atoms with Crippen molar-refractivity contribution in [3.8, 4) is 5.75 Å². The first-order valence-electron chi connectivity index (χ1n) is 8.27. The Hall–Kier alpha value is -2.34. The summed E-state index contributed by atoms with van der Waals surface area (Å²) in [5.74, 6) is 2.76. The van der Waals surface area contributed by atoms with Crippen molar-refractivity contribution in [2.45, 2.75) is 6.54 Å². The van der Waals surface area contributed by atoms with Crippen LogP contribution in [0.4, 0.5) is 11.6 Å². The van der Waals surface area contributed by atoms with E-state index in [-0.39, 0.29) is 0 Å². The van der Waals surface area contributed by atoms with E-state index >= 15 is 0 Å². The van der Waals surface area contributed by atoms with Crippen LogP contribution in [0.5, 0.6) is 5.75 Å². The zero-order valence-electron chi connectivity index (χ0n) is 14.6. The second-order valence-corrected chi connectivity index (χ2v) is 6.26. The highest BCUT2D eigenvalue weighted by Crippen LogP contribution is 2.18. The molecule has 0 atom stereocenters. The lowest BCUT2D eigenvalue weighted by atomic mass is 10.2. The summed E-state index contributed by atoms with van der Waals surface area (Å²) in [5, 5.41) is 8.62. The third kappa shape index (κ3) is 3.94. The summed E-state index contributed by atoms with van der Waals surface area (Å²) in [6, 6.07) is 12.4. The fourth-order valence-electron chi connectivity index (χ4n) is 2.89. The number of hydrogen-bond acceptors (Lipinski definition) is 6. The quantitative estimate of drug-likeness (QED) is 0.835. The molecular formula is C18H25N5O. The average Bonchev–Trinajstić information content (AvgIpc) is 2.62. The zero-order chi connectivity index (χ0) is 16.9. The molecule has 0 saturated carbocycles. The standard InChI is InChI=1S/C18H25N5O/c1-21(2)17-7-8-18(20-19-17)23-11-9-22(10-12-23)14-15-5-4-6-16(13-15)24-3/h4-8,13H,9-12,14H2,1-3H3. The first kappa shape index (κ1) is 16.5. The molecule has 6 heteroatoms. The van der Waals surface area contributed by atoms with E-state index in [0.29, 0.717) is 0 Å². The van der Waals surface area contributed by atoms with Gasteiger partial charge in [0.2, 0.25) is 0 Å². The van der Waals surface area contributed by atoms with Gasteiger partial charge in [-0.3, -0.25) is 4.90 Å². The van der Waals surface area contributed by atoms with Gasteiger partial charge in [-0.2, -0.15) is 0 Å². The molecule has 1 aliphatic rings. The van der Waals surface area contributed by atoms with Gasteiger partial charge in [-0.05, 0) is 29.8 Å². The molecule has 0 spiro atoms. The van der Waals surface area contributed by atoms with Gasteiger partial charge in [0.15, 0.2) is 11.6 Å². The SMILES string of the molecule is COc1cccc(CN2CCN(c3ccc(N(C)C)nn3)CC2)c1. The van der Waals surface area contributed by atoms with Gasteiger partial charge in [-0.25, -0.2) is 0 Å². The van der Waals surface area contributed by atoms with Gasteiger partial charge in [0.1, 0.15) is 5.75 Å². The minimum absolute atomic E-state index is 0.885. The number of nitrogens with zero attached hydrogens (tertiary/aromatic N) is 5. The molecule has 24 heavy (non-hydrogen) atoms. The van der Waals surface area contributed by atoms with Crippen LogP contribution in [0, 0.1) is 0 Å². The predicted octanol–water partition coefficient (Wildman–Crippen LogP) is 1.87. The van der Waals surface area contributed by atoms with Crippen LogP contribution in [-0.4, -0.2) is 62.5 Å². The van der Waals surface area contributed by atoms with Crippen LogP contribution in [0.2, 0.25) is 0 Å². The van der Waals surface area contributed by atoms with Crippen molar-refractivity contribution in [2.24, 2.45) is 0 Å². The number of methoxy groups -OCH3 is 1. The first-order valence-corrected chi connectivity index (χ1v) is 8.27. The number of piperazine rings is 1. The zero-order valence-corrected chi connectivity index (χ0v) is 14.6. The molecule has 0 bridgehead atoms. The Morgan fingerprint density at radius 3 is 2.46 bits per heavy atom. The molecule has 0 radical (unpaired) electrons. The fourth-order valence-corrected chi connectivity index (χ4v) is 2.89. The van der Waals surface area contributed by atoms with Crippen LogP contribution in [0.25, 0.3) is 0 Å². The molecule has 3 rings (SSSR count). The topological polar surface area (TPSA) is 44.7 Å². The normalized spacial score (nSPS) is 15.4. The Balaban J connectivity index is 1.55. The van der Waals surface area contributed by atoms with Gasteiger partial charge in [0, 0.05) is 46.8 Å². The van der Waals surface area contributed by atoms with Crippen LogP contribution in [0.15, 0.2) is 36.4 Å². The molecule has 1 aromatic carbocycles. The van der Waals surface area contributed by atoms with Crippen LogP contribution in [0.3, 0.4) is 0 Å². The van der Waals surface area contributed by atoms with Crippen LogP contribution in [0.1, 0.15) is 5.56 Å². The summed E-state index contributed by atoms with van der Waals surface area (Å²) in [7, 11) is 5.66. The molecule has 1 aromatic heterocycles. The van der Waals surface area contributed by atoms with E-state index in [1.807, 2.05) is 37.2 Å². The Kier molecular flexibility index (Phi) is 5.15. The number of rotatable bonds is 5. The lowest BCUT2D eigenvalue weighted by Crippen LogP contribution is -2.46. The van der Waals surface area contributed by atoms with Crippen molar-refractivity contribution in [3.05, 3.63) is 42.0 Å². The molecule has 2 heterocycles. The minimum Gasteiger partial charge on any atom is -0.497 e. The van der Waals surface area contributed by atoms with E-state index in [1.54, 1.807) is 7.11 Å². The van der Waals surface area contributed by atoms with E-state index < -0.39 is 0 Å². The second-order valence-electron chi connectivity index (χ2n) is 6.26. The fraction of sp³-hybridized carbons (Fsp3) is 0.444. The van der Waals surface area contributed by atoms with E-state index in [4.69, 9.17) is 4.74 Å².